The predicted octanol–water partition coefficient (Wildman–Crippen LogP) is 2.38. The Balaban J connectivity index is 1.95. The number of benzene rings is 1. The van der Waals surface area contributed by atoms with Gasteiger partial charge < -0.3 is 10.0 Å². The molecule has 0 bridgehead atoms. The van der Waals surface area contributed by atoms with Gasteiger partial charge in [-0.05, 0) is 25.5 Å². The van der Waals surface area contributed by atoms with E-state index in [1.54, 1.807) is 0 Å². The van der Waals surface area contributed by atoms with Crippen LogP contribution in [0.1, 0.15) is 13.3 Å². The number of thiocarbonyl (C=S) groups is 1. The Kier molecular flexibility index (Phi) is 6.05. The number of hydrogen-bond donors (Lipinski definition) is 2. The van der Waals surface area contributed by atoms with Crippen molar-refractivity contribution in [3.05, 3.63) is 34.2 Å². The summed E-state index contributed by atoms with van der Waals surface area (Å²) < 4.78 is 32.1. The van der Waals surface area contributed by atoms with E-state index in [1.807, 2.05) is 29.2 Å². The monoisotopic (exact) mass is 460 g/mol. The van der Waals surface area contributed by atoms with Gasteiger partial charge in [-0.15, -0.1) is 0 Å². The Labute approximate surface area is 175 Å². The lowest BCUT2D eigenvalue weighted by Crippen LogP contribution is -2.34. The van der Waals surface area contributed by atoms with Gasteiger partial charge >= 0.3 is 5.97 Å². The molecule has 0 saturated carbocycles. The summed E-state index contributed by atoms with van der Waals surface area (Å²) in [6, 6.07) is 7.41. The number of anilines is 1. The molecule has 0 aliphatic carbocycles. The first kappa shape index (κ1) is 21.1. The Morgan fingerprint density at radius 1 is 1.25 bits per heavy atom. The first-order chi connectivity index (χ1) is 13.1. The molecular formula is C16H16N2O6S4. The Morgan fingerprint density at radius 3 is 2.57 bits per heavy atom. The van der Waals surface area contributed by atoms with Crippen molar-refractivity contribution in [2.75, 3.05) is 18.0 Å². The molecule has 2 aliphatic heterocycles. The van der Waals surface area contributed by atoms with Crippen LogP contribution in [-0.2, 0) is 19.7 Å². The van der Waals surface area contributed by atoms with Crippen LogP contribution >= 0.6 is 35.7 Å². The van der Waals surface area contributed by atoms with Gasteiger partial charge in [-0.1, -0.05) is 47.9 Å². The van der Waals surface area contributed by atoms with E-state index in [2.05, 4.69) is 0 Å². The summed E-state index contributed by atoms with van der Waals surface area (Å²) in [5.41, 5.74) is 0.813. The van der Waals surface area contributed by atoms with Gasteiger partial charge in [-0.3, -0.25) is 19.0 Å². The molecule has 2 N–H and O–H groups in total. The molecule has 1 fully saturated rings. The van der Waals surface area contributed by atoms with E-state index in [4.69, 9.17) is 17.3 Å². The van der Waals surface area contributed by atoms with Gasteiger partial charge in [0.2, 0.25) is 0 Å². The van der Waals surface area contributed by atoms with Crippen molar-refractivity contribution in [2.45, 2.75) is 23.5 Å². The van der Waals surface area contributed by atoms with E-state index >= 15 is 0 Å². The van der Waals surface area contributed by atoms with E-state index < -0.39 is 33.8 Å². The molecular weight excluding hydrogens is 444 g/mol. The molecule has 12 heteroatoms. The van der Waals surface area contributed by atoms with E-state index in [0.29, 0.717) is 9.93 Å². The number of rotatable bonds is 6. The summed E-state index contributed by atoms with van der Waals surface area (Å²) in [5, 5.41) is 8.61. The summed E-state index contributed by atoms with van der Waals surface area (Å²) in [5.74, 6) is -1.65. The van der Waals surface area contributed by atoms with Crippen molar-refractivity contribution in [3.8, 4) is 0 Å². The maximum absolute atomic E-state index is 12.8. The number of aliphatic carboxylic acids is 1. The number of carbonyl (C=O) groups is 2. The molecule has 0 radical (unpaired) electrons. The van der Waals surface area contributed by atoms with Crippen molar-refractivity contribution >= 4 is 67.7 Å². The maximum atomic E-state index is 12.8. The first-order valence-corrected chi connectivity index (χ1v) is 11.6. The molecule has 1 atom stereocenters. The second-order valence-corrected chi connectivity index (χ2v) is 10.6. The second-order valence-electron chi connectivity index (χ2n) is 6.12. The molecule has 1 aromatic rings. The maximum Gasteiger partial charge on any atom is 0.323 e. The molecule has 1 amide bonds. The number of amides is 1. The van der Waals surface area contributed by atoms with Crippen LogP contribution in [-0.4, -0.2) is 57.5 Å². The summed E-state index contributed by atoms with van der Waals surface area (Å²) in [7, 11) is -4.17. The zero-order chi connectivity index (χ0) is 20.6. The zero-order valence-corrected chi connectivity index (χ0v) is 17.8. The molecule has 8 nitrogen and oxygen atoms in total. The normalized spacial score (nSPS) is 20.6. The average Bonchev–Trinajstić information content (AvgIpc) is 3.10. The quantitative estimate of drug-likeness (QED) is 0.372. The van der Waals surface area contributed by atoms with E-state index in [0.717, 1.165) is 27.2 Å². The topological polar surface area (TPSA) is 115 Å². The SMILES string of the molecule is C[C@H](CCN1/C(=C2\SC(=S)N(CC(=O)O)C2=O)Sc2ccccc21)S(=O)(=O)O. The van der Waals surface area contributed by atoms with Crippen LogP contribution in [0.15, 0.2) is 39.1 Å². The van der Waals surface area contributed by atoms with Crippen LogP contribution in [0.25, 0.3) is 0 Å². The highest BCUT2D eigenvalue weighted by molar-refractivity contribution is 8.27. The number of thioether (sulfide) groups is 2. The smallest absolute Gasteiger partial charge is 0.323 e. The number of nitrogens with zero attached hydrogens (tertiary/aromatic N) is 2. The average molecular weight is 461 g/mol. The fraction of sp³-hybridized carbons (Fsp3) is 0.312. The van der Waals surface area contributed by atoms with Gasteiger partial charge in [0.1, 0.15) is 20.8 Å². The highest BCUT2D eigenvalue weighted by Gasteiger charge is 2.40. The van der Waals surface area contributed by atoms with Crippen molar-refractivity contribution in [1.82, 2.24) is 4.90 Å². The number of fused-ring (bicyclic) bond motifs is 1. The summed E-state index contributed by atoms with van der Waals surface area (Å²) in [4.78, 5) is 27.8. The lowest BCUT2D eigenvalue weighted by atomic mass is 10.2. The number of carboxylic acid groups (broad SMARTS) is 1. The molecule has 28 heavy (non-hydrogen) atoms. The van der Waals surface area contributed by atoms with E-state index in [-0.39, 0.29) is 17.3 Å². The van der Waals surface area contributed by atoms with Gasteiger partial charge in [0.05, 0.1) is 10.9 Å². The Bertz CT molecular complexity index is 991. The Morgan fingerprint density at radius 2 is 1.93 bits per heavy atom. The zero-order valence-electron chi connectivity index (χ0n) is 14.6. The lowest BCUT2D eigenvalue weighted by molar-refractivity contribution is -0.140. The molecule has 1 aromatic carbocycles. The molecule has 0 aromatic heterocycles. The van der Waals surface area contributed by atoms with Crippen molar-refractivity contribution in [1.29, 1.82) is 0 Å². The molecule has 0 spiro atoms. The molecule has 3 rings (SSSR count). The van der Waals surface area contributed by atoms with Gasteiger partial charge in [-0.2, -0.15) is 8.42 Å². The number of para-hydroxylation sites is 1. The van der Waals surface area contributed by atoms with E-state index in [1.165, 1.54) is 18.7 Å². The highest BCUT2D eigenvalue weighted by Crippen LogP contribution is 2.50. The van der Waals surface area contributed by atoms with Crippen molar-refractivity contribution < 1.29 is 27.7 Å². The van der Waals surface area contributed by atoms with Gasteiger partial charge in [-0.25, -0.2) is 0 Å². The van der Waals surface area contributed by atoms with Crippen LogP contribution in [0.4, 0.5) is 5.69 Å². The number of carbonyl (C=O) groups excluding carboxylic acids is 1. The van der Waals surface area contributed by atoms with E-state index in [9.17, 15) is 22.6 Å². The van der Waals surface area contributed by atoms with Gasteiger partial charge in [0, 0.05) is 11.4 Å². The predicted molar refractivity (Wildman–Crippen MR) is 112 cm³/mol. The molecule has 0 unspecified atom stereocenters. The molecule has 150 valence electrons. The first-order valence-electron chi connectivity index (χ1n) is 8.10. The molecule has 2 heterocycles. The fourth-order valence-corrected chi connectivity index (χ4v) is 5.68. The third kappa shape index (κ3) is 4.20. The van der Waals surface area contributed by atoms with Crippen LogP contribution < -0.4 is 4.90 Å². The third-order valence-corrected chi connectivity index (χ3v) is 8.21. The van der Waals surface area contributed by atoms with Crippen molar-refractivity contribution in [3.63, 3.8) is 0 Å². The van der Waals surface area contributed by atoms with Gasteiger partial charge in [0.15, 0.2) is 0 Å². The van der Waals surface area contributed by atoms with Crippen molar-refractivity contribution in [2.24, 2.45) is 0 Å². The Hall–Kier alpha value is -1.60. The lowest BCUT2D eigenvalue weighted by Gasteiger charge is -2.22. The van der Waals surface area contributed by atoms with Crippen LogP contribution in [0, 0.1) is 0 Å². The summed E-state index contributed by atoms with van der Waals surface area (Å²) in [6.45, 7) is 1.15. The largest absolute Gasteiger partial charge is 0.480 e. The van der Waals surface area contributed by atoms with Crippen LogP contribution in [0.5, 0.6) is 0 Å². The number of hydrogen-bond acceptors (Lipinski definition) is 8. The molecule has 1 saturated heterocycles. The highest BCUT2D eigenvalue weighted by atomic mass is 32.2. The van der Waals surface area contributed by atoms with Crippen LogP contribution in [0.3, 0.4) is 0 Å². The minimum Gasteiger partial charge on any atom is -0.480 e. The molecule has 2 aliphatic rings. The fourth-order valence-electron chi connectivity index (χ4n) is 2.68. The summed E-state index contributed by atoms with van der Waals surface area (Å²) in [6.07, 6.45) is 0.145. The standard InChI is InChI=1S/C16H16N2O6S4/c1-9(28(22,23)24)6-7-17-10-4-2-3-5-11(10)26-15(17)13-14(21)18(8-12(19)20)16(25)27-13/h2-5,9H,6-8H2,1H3,(H,19,20)(H,22,23,24)/b15-13+/t9-/m1/s1. The summed E-state index contributed by atoms with van der Waals surface area (Å²) >= 11 is 7.53. The van der Waals surface area contributed by atoms with Gasteiger partial charge in [0.25, 0.3) is 16.0 Å². The minimum absolute atomic E-state index is 0.145. The second kappa shape index (κ2) is 8.03. The number of carboxylic acids is 1. The minimum atomic E-state index is -4.17. The third-order valence-electron chi connectivity index (χ3n) is 4.21. The van der Waals surface area contributed by atoms with Crippen LogP contribution in [0.2, 0.25) is 0 Å².